The maximum Gasteiger partial charge on any atom is 0.257 e. The highest BCUT2D eigenvalue weighted by molar-refractivity contribution is 7.93. The van der Waals surface area contributed by atoms with Crippen molar-refractivity contribution < 1.29 is 18.0 Å². The maximum absolute atomic E-state index is 13.9. The van der Waals surface area contributed by atoms with Crippen LogP contribution >= 0.6 is 0 Å². The molecule has 198 valence electrons. The lowest BCUT2D eigenvalue weighted by Gasteiger charge is -2.26. The van der Waals surface area contributed by atoms with Gasteiger partial charge in [-0.3, -0.25) is 9.59 Å². The Kier molecular flexibility index (Phi) is 9.07. The van der Waals surface area contributed by atoms with Gasteiger partial charge in [0.05, 0.1) is 5.41 Å². The monoisotopic (exact) mass is 538 g/mol. The number of amides is 2. The van der Waals surface area contributed by atoms with E-state index in [2.05, 4.69) is 4.72 Å². The van der Waals surface area contributed by atoms with Crippen LogP contribution in [-0.4, -0.2) is 26.8 Å². The highest BCUT2D eigenvalue weighted by Crippen LogP contribution is 2.27. The van der Waals surface area contributed by atoms with Gasteiger partial charge in [0.1, 0.15) is 5.92 Å². The number of nitrogens with zero attached hydrogens (tertiary/aromatic N) is 1. The van der Waals surface area contributed by atoms with E-state index in [1.54, 1.807) is 36.4 Å². The van der Waals surface area contributed by atoms with Gasteiger partial charge in [-0.25, -0.2) is 13.1 Å². The minimum Gasteiger partial charge on any atom is -0.312 e. The molecule has 0 saturated carbocycles. The van der Waals surface area contributed by atoms with Crippen LogP contribution in [0.1, 0.15) is 18.1 Å². The number of hydrogen-bond acceptors (Lipinski definition) is 4. The van der Waals surface area contributed by atoms with Gasteiger partial charge in [-0.1, -0.05) is 103 Å². The minimum absolute atomic E-state index is 0.0248. The van der Waals surface area contributed by atoms with E-state index in [4.69, 9.17) is 0 Å². The number of nitrogens with one attached hydrogen (secondary N) is 1. The normalized spacial score (nSPS) is 12.1. The lowest BCUT2D eigenvalue weighted by molar-refractivity contribution is -0.132. The third kappa shape index (κ3) is 7.30. The first-order chi connectivity index (χ1) is 18.9. The SMILES string of the molecule is CCN(C(=O)C(Cc1ccccc1-c1ccccc1)C(=O)NS(=O)(=O)/C=C/c1ccccc1)c1ccccc1. The third-order valence-electron chi connectivity index (χ3n) is 6.27. The zero-order valence-corrected chi connectivity index (χ0v) is 22.4. The van der Waals surface area contributed by atoms with Crippen LogP contribution in [0.3, 0.4) is 0 Å². The summed E-state index contributed by atoms with van der Waals surface area (Å²) in [5.74, 6) is -2.64. The first-order valence-corrected chi connectivity index (χ1v) is 14.2. The molecule has 0 fully saturated rings. The number of sulfonamides is 1. The van der Waals surface area contributed by atoms with E-state index < -0.39 is 27.8 Å². The van der Waals surface area contributed by atoms with Crippen LogP contribution in [0.25, 0.3) is 17.2 Å². The maximum atomic E-state index is 13.9. The number of rotatable bonds is 10. The molecule has 4 rings (SSSR count). The van der Waals surface area contributed by atoms with E-state index in [0.717, 1.165) is 22.1 Å². The fraction of sp³-hybridized carbons (Fsp3) is 0.125. The third-order valence-corrected chi connectivity index (χ3v) is 7.25. The quantitative estimate of drug-likeness (QED) is 0.263. The van der Waals surface area contributed by atoms with E-state index >= 15 is 0 Å². The first kappa shape index (κ1) is 27.5. The fourth-order valence-corrected chi connectivity index (χ4v) is 5.18. The van der Waals surface area contributed by atoms with Gasteiger partial charge in [0, 0.05) is 12.2 Å². The molecule has 4 aromatic rings. The summed E-state index contributed by atoms with van der Waals surface area (Å²) in [6, 6.07) is 35.1. The Labute approximate surface area is 229 Å². The van der Waals surface area contributed by atoms with Crippen LogP contribution < -0.4 is 9.62 Å². The molecule has 1 N–H and O–H groups in total. The standard InChI is InChI=1S/C32H30N2O4S/c1-2-34(28-19-10-5-11-20-28)32(36)30(24-27-18-12-13-21-29(27)26-16-8-4-9-17-26)31(35)33-39(37,38)23-22-25-14-6-3-7-15-25/h3-23,30H,2,24H2,1H3,(H,33,35)/b23-22+. The second kappa shape index (κ2) is 12.8. The Morgan fingerprint density at radius 1 is 0.795 bits per heavy atom. The molecule has 7 heteroatoms. The summed E-state index contributed by atoms with van der Waals surface area (Å²) in [6.07, 6.45) is 1.43. The second-order valence-corrected chi connectivity index (χ2v) is 10.5. The molecule has 0 bridgehead atoms. The molecule has 0 heterocycles. The van der Waals surface area contributed by atoms with E-state index in [9.17, 15) is 18.0 Å². The van der Waals surface area contributed by atoms with Crippen LogP contribution in [0.4, 0.5) is 5.69 Å². The van der Waals surface area contributed by atoms with Gasteiger partial charge in [0.2, 0.25) is 11.8 Å². The Bertz CT molecular complexity index is 1540. The van der Waals surface area contributed by atoms with Gasteiger partial charge in [-0.15, -0.1) is 0 Å². The zero-order valence-electron chi connectivity index (χ0n) is 21.6. The summed E-state index contributed by atoms with van der Waals surface area (Å²) < 4.78 is 27.8. The summed E-state index contributed by atoms with van der Waals surface area (Å²) in [7, 11) is -4.16. The van der Waals surface area contributed by atoms with Gasteiger partial charge in [-0.05, 0) is 53.8 Å². The molecule has 2 amide bonds. The lowest BCUT2D eigenvalue weighted by atomic mass is 9.91. The molecule has 0 saturated heterocycles. The number of hydrogen-bond donors (Lipinski definition) is 1. The summed E-state index contributed by atoms with van der Waals surface area (Å²) in [6.45, 7) is 2.13. The highest BCUT2D eigenvalue weighted by atomic mass is 32.2. The van der Waals surface area contributed by atoms with E-state index in [1.807, 2.05) is 85.8 Å². The number of anilines is 1. The van der Waals surface area contributed by atoms with Crippen molar-refractivity contribution >= 4 is 33.6 Å². The van der Waals surface area contributed by atoms with Crippen molar-refractivity contribution in [3.8, 4) is 11.1 Å². The molecule has 1 atom stereocenters. The predicted molar refractivity (Wildman–Crippen MR) is 156 cm³/mol. The van der Waals surface area contributed by atoms with Crippen molar-refractivity contribution in [3.05, 3.63) is 132 Å². The molecule has 0 aliphatic rings. The summed E-state index contributed by atoms with van der Waals surface area (Å²) in [4.78, 5) is 28.9. The van der Waals surface area contributed by atoms with Crippen molar-refractivity contribution in [1.29, 1.82) is 0 Å². The smallest absolute Gasteiger partial charge is 0.257 e. The average molecular weight is 539 g/mol. The van der Waals surface area contributed by atoms with Crippen LogP contribution in [0.15, 0.2) is 121 Å². The van der Waals surface area contributed by atoms with Gasteiger partial charge >= 0.3 is 0 Å². The highest BCUT2D eigenvalue weighted by Gasteiger charge is 2.33. The first-order valence-electron chi connectivity index (χ1n) is 12.7. The fourth-order valence-electron chi connectivity index (χ4n) is 4.35. The van der Waals surface area contributed by atoms with Crippen molar-refractivity contribution in [2.24, 2.45) is 5.92 Å². The number of carbonyl (C=O) groups is 2. The number of carbonyl (C=O) groups excluding carboxylic acids is 2. The zero-order chi connectivity index (χ0) is 27.7. The molecule has 6 nitrogen and oxygen atoms in total. The summed E-state index contributed by atoms with van der Waals surface area (Å²) >= 11 is 0. The van der Waals surface area contributed by atoms with Gasteiger partial charge < -0.3 is 4.90 Å². The van der Waals surface area contributed by atoms with E-state index in [0.29, 0.717) is 17.8 Å². The molecule has 4 aromatic carbocycles. The topological polar surface area (TPSA) is 83.6 Å². The molecule has 0 aliphatic heterocycles. The largest absolute Gasteiger partial charge is 0.312 e. The molecule has 39 heavy (non-hydrogen) atoms. The summed E-state index contributed by atoms with van der Waals surface area (Å²) in [5.41, 5.74) is 3.87. The number of para-hydroxylation sites is 1. The van der Waals surface area contributed by atoms with Crippen molar-refractivity contribution in [2.45, 2.75) is 13.3 Å². The van der Waals surface area contributed by atoms with Crippen LogP contribution in [0.5, 0.6) is 0 Å². The van der Waals surface area contributed by atoms with E-state index in [1.165, 1.54) is 11.0 Å². The molecule has 0 aliphatic carbocycles. The number of benzene rings is 4. The minimum atomic E-state index is -4.16. The molecule has 0 radical (unpaired) electrons. The van der Waals surface area contributed by atoms with Gasteiger partial charge in [0.15, 0.2) is 0 Å². The Morgan fingerprint density at radius 3 is 2.00 bits per heavy atom. The van der Waals surface area contributed by atoms with Crippen LogP contribution in [0.2, 0.25) is 0 Å². The summed E-state index contributed by atoms with van der Waals surface area (Å²) in [5, 5.41) is 0.939. The molecule has 0 spiro atoms. The molecule has 0 aromatic heterocycles. The van der Waals surface area contributed by atoms with E-state index in [-0.39, 0.29) is 6.42 Å². The van der Waals surface area contributed by atoms with Crippen LogP contribution in [0, 0.1) is 5.92 Å². The predicted octanol–water partition coefficient (Wildman–Crippen LogP) is 5.68. The van der Waals surface area contributed by atoms with Crippen molar-refractivity contribution in [3.63, 3.8) is 0 Å². The van der Waals surface area contributed by atoms with Gasteiger partial charge in [0.25, 0.3) is 10.0 Å². The Balaban J connectivity index is 1.68. The average Bonchev–Trinajstić information content (AvgIpc) is 2.96. The second-order valence-electron chi connectivity index (χ2n) is 8.92. The van der Waals surface area contributed by atoms with Crippen molar-refractivity contribution in [1.82, 2.24) is 4.72 Å². The lowest BCUT2D eigenvalue weighted by Crippen LogP contribution is -2.46. The van der Waals surface area contributed by atoms with Crippen molar-refractivity contribution in [2.75, 3.05) is 11.4 Å². The molecule has 1 unspecified atom stereocenters. The Hall–Kier alpha value is -4.49. The molecular weight excluding hydrogens is 508 g/mol. The Morgan fingerprint density at radius 2 is 1.36 bits per heavy atom. The molecular formula is C32H30N2O4S. The van der Waals surface area contributed by atoms with Crippen LogP contribution in [-0.2, 0) is 26.0 Å². The van der Waals surface area contributed by atoms with Gasteiger partial charge in [-0.2, -0.15) is 0 Å².